The van der Waals surface area contributed by atoms with E-state index in [-0.39, 0.29) is 0 Å². The molecule has 0 aliphatic heterocycles. The standard InChI is InChI=1S/C32H67P.CH4O3S/c1-5-9-13-17-18-19-20-21-22-24-28-31(27-23-14-10-6-2)32(33,29-25-15-11-7-3)30-26-16-12-8-4;1-5(2,3)4/h31H,5-30,33H2,1-4H3;1H3,(H,2,3,4). The Morgan fingerprint density at radius 3 is 1.08 bits per heavy atom. The van der Waals surface area contributed by atoms with E-state index in [0.717, 1.165) is 5.92 Å². The lowest BCUT2D eigenvalue weighted by Crippen LogP contribution is -2.32. The molecule has 1 N–H and O–H groups in total. The van der Waals surface area contributed by atoms with E-state index in [9.17, 15) is 8.42 Å². The molecule has 0 aromatic heterocycles. The van der Waals surface area contributed by atoms with Crippen LogP contribution >= 0.6 is 9.24 Å². The maximum atomic E-state index is 9.19. The quantitative estimate of drug-likeness (QED) is 0.0599. The van der Waals surface area contributed by atoms with Crippen LogP contribution in [0.1, 0.15) is 195 Å². The fourth-order valence-corrected chi connectivity index (χ4v) is 6.45. The molecule has 2 unspecified atom stereocenters. The highest BCUT2D eigenvalue weighted by Gasteiger charge is 2.32. The van der Waals surface area contributed by atoms with Gasteiger partial charge >= 0.3 is 0 Å². The predicted octanol–water partition coefficient (Wildman–Crippen LogP) is 11.9. The van der Waals surface area contributed by atoms with Crippen LogP contribution in [0, 0.1) is 5.92 Å². The van der Waals surface area contributed by atoms with E-state index in [2.05, 4.69) is 36.9 Å². The molecule has 0 aliphatic rings. The zero-order valence-corrected chi connectivity index (χ0v) is 28.7. The molecule has 0 saturated carbocycles. The summed E-state index contributed by atoms with van der Waals surface area (Å²) in [6.07, 6.45) is 38.3. The van der Waals surface area contributed by atoms with Gasteiger partial charge in [0.25, 0.3) is 10.1 Å². The summed E-state index contributed by atoms with van der Waals surface area (Å²) >= 11 is 0. The molecule has 0 amide bonds. The van der Waals surface area contributed by atoms with Gasteiger partial charge < -0.3 is 0 Å². The minimum atomic E-state index is -3.67. The molecule has 0 fully saturated rings. The number of rotatable bonds is 27. The summed E-state index contributed by atoms with van der Waals surface area (Å²) in [6.45, 7) is 9.36. The first-order valence-electron chi connectivity index (χ1n) is 16.9. The molecule has 0 rings (SSSR count). The van der Waals surface area contributed by atoms with Gasteiger partial charge in [-0.2, -0.15) is 8.42 Å². The van der Waals surface area contributed by atoms with Crippen molar-refractivity contribution in [1.82, 2.24) is 0 Å². The summed E-state index contributed by atoms with van der Waals surface area (Å²) in [5, 5.41) is 0.521. The second-order valence-corrected chi connectivity index (χ2v) is 14.7. The van der Waals surface area contributed by atoms with Gasteiger partial charge in [0.05, 0.1) is 6.26 Å². The van der Waals surface area contributed by atoms with E-state index in [1.54, 1.807) is 0 Å². The maximum absolute atomic E-state index is 9.19. The third-order valence-electron chi connectivity index (χ3n) is 8.12. The smallest absolute Gasteiger partial charge is 0.261 e. The van der Waals surface area contributed by atoms with Gasteiger partial charge in [0, 0.05) is 0 Å². The van der Waals surface area contributed by atoms with E-state index in [1.165, 1.54) is 167 Å². The van der Waals surface area contributed by atoms with Crippen LogP contribution in [0.2, 0.25) is 0 Å². The molecule has 5 heteroatoms. The third-order valence-corrected chi connectivity index (χ3v) is 9.17. The highest BCUT2D eigenvalue weighted by molar-refractivity contribution is 7.85. The van der Waals surface area contributed by atoms with E-state index >= 15 is 0 Å². The van der Waals surface area contributed by atoms with Gasteiger partial charge in [-0.3, -0.25) is 4.55 Å². The Labute approximate surface area is 243 Å². The predicted molar refractivity (Wildman–Crippen MR) is 176 cm³/mol. The Morgan fingerprint density at radius 2 is 0.763 bits per heavy atom. The zero-order chi connectivity index (χ0) is 29.0. The lowest BCUT2D eigenvalue weighted by molar-refractivity contribution is 0.270. The SMILES string of the molecule is CCCCCCCCCCCCC(CCCCCC)C(P)(CCCCCC)CCCCCC.CS(=O)(=O)O. The molecule has 2 atom stereocenters. The van der Waals surface area contributed by atoms with E-state index in [1.807, 2.05) is 0 Å². The minimum Gasteiger partial charge on any atom is -0.286 e. The number of hydrogen-bond donors (Lipinski definition) is 1. The molecule has 0 heterocycles. The Kier molecular flexibility index (Phi) is 30.7. The Morgan fingerprint density at radius 1 is 0.526 bits per heavy atom. The van der Waals surface area contributed by atoms with Crippen molar-refractivity contribution in [2.45, 2.75) is 200 Å². The summed E-state index contributed by atoms with van der Waals surface area (Å²) in [6, 6.07) is 0. The normalized spacial score (nSPS) is 12.8. The Hall–Kier alpha value is 0.340. The molecule has 0 bridgehead atoms. The molecule has 38 heavy (non-hydrogen) atoms. The van der Waals surface area contributed by atoms with Crippen LogP contribution in [0.15, 0.2) is 0 Å². The highest BCUT2D eigenvalue weighted by atomic mass is 32.2. The van der Waals surface area contributed by atoms with Crippen molar-refractivity contribution < 1.29 is 13.0 Å². The Bertz CT molecular complexity index is 545. The van der Waals surface area contributed by atoms with E-state index < -0.39 is 10.1 Å². The van der Waals surface area contributed by atoms with Crippen molar-refractivity contribution >= 4 is 19.4 Å². The van der Waals surface area contributed by atoms with Crippen LogP contribution in [-0.4, -0.2) is 24.4 Å². The minimum absolute atomic E-state index is 0.521. The Balaban J connectivity index is 0. The summed E-state index contributed by atoms with van der Waals surface area (Å²) in [7, 11) is -0.181. The van der Waals surface area contributed by atoms with Crippen LogP contribution < -0.4 is 0 Å². The molecular weight excluding hydrogens is 507 g/mol. The van der Waals surface area contributed by atoms with Gasteiger partial charge in [-0.1, -0.05) is 169 Å². The molecule has 0 aromatic rings. The topological polar surface area (TPSA) is 54.4 Å². The van der Waals surface area contributed by atoms with Crippen LogP contribution in [0.5, 0.6) is 0 Å². The van der Waals surface area contributed by atoms with Crippen molar-refractivity contribution in [2.75, 3.05) is 6.26 Å². The zero-order valence-electron chi connectivity index (χ0n) is 26.7. The molecule has 232 valence electrons. The van der Waals surface area contributed by atoms with Gasteiger partial charge in [0.1, 0.15) is 0 Å². The molecule has 0 aromatic carbocycles. The average molecular weight is 579 g/mol. The van der Waals surface area contributed by atoms with Crippen molar-refractivity contribution in [1.29, 1.82) is 0 Å². The lowest BCUT2D eigenvalue weighted by Gasteiger charge is -2.39. The molecule has 0 saturated heterocycles. The summed E-state index contributed by atoms with van der Waals surface area (Å²) in [5.74, 6) is 0.941. The summed E-state index contributed by atoms with van der Waals surface area (Å²) < 4.78 is 25.9. The van der Waals surface area contributed by atoms with Crippen LogP contribution in [0.25, 0.3) is 0 Å². The first-order chi connectivity index (χ1) is 18.1. The van der Waals surface area contributed by atoms with Gasteiger partial charge in [-0.15, -0.1) is 9.24 Å². The fourth-order valence-electron chi connectivity index (χ4n) is 5.71. The number of unbranched alkanes of at least 4 members (excludes halogenated alkanes) is 18. The van der Waals surface area contributed by atoms with E-state index in [4.69, 9.17) is 4.55 Å². The summed E-state index contributed by atoms with van der Waals surface area (Å²) in [5.41, 5.74) is 0. The number of hydrogen-bond acceptors (Lipinski definition) is 2. The van der Waals surface area contributed by atoms with Crippen LogP contribution in [0.3, 0.4) is 0 Å². The molecule has 0 radical (unpaired) electrons. The van der Waals surface area contributed by atoms with Gasteiger partial charge in [0.15, 0.2) is 0 Å². The van der Waals surface area contributed by atoms with Gasteiger partial charge in [-0.25, -0.2) is 0 Å². The molecular formula is C33H71O3PS. The monoisotopic (exact) mass is 578 g/mol. The van der Waals surface area contributed by atoms with Crippen molar-refractivity contribution in [3.05, 3.63) is 0 Å². The largest absolute Gasteiger partial charge is 0.286 e. The lowest BCUT2D eigenvalue weighted by atomic mass is 9.77. The first kappa shape index (κ1) is 40.5. The second-order valence-electron chi connectivity index (χ2n) is 12.1. The van der Waals surface area contributed by atoms with Crippen LogP contribution in [-0.2, 0) is 10.1 Å². The molecule has 0 aliphatic carbocycles. The maximum Gasteiger partial charge on any atom is 0.261 e. The van der Waals surface area contributed by atoms with Crippen LogP contribution in [0.4, 0.5) is 0 Å². The third kappa shape index (κ3) is 30.9. The van der Waals surface area contributed by atoms with Crippen molar-refractivity contribution in [3.8, 4) is 0 Å². The fraction of sp³-hybridized carbons (Fsp3) is 1.00. The summed E-state index contributed by atoms with van der Waals surface area (Å²) in [4.78, 5) is 0. The van der Waals surface area contributed by atoms with Crippen molar-refractivity contribution in [3.63, 3.8) is 0 Å². The van der Waals surface area contributed by atoms with Crippen molar-refractivity contribution in [2.24, 2.45) is 5.92 Å². The second kappa shape index (κ2) is 28.9. The van der Waals surface area contributed by atoms with Gasteiger partial charge in [-0.05, 0) is 36.8 Å². The highest BCUT2D eigenvalue weighted by Crippen LogP contribution is 2.44. The average Bonchev–Trinajstić information content (AvgIpc) is 2.86. The molecule has 3 nitrogen and oxygen atoms in total. The van der Waals surface area contributed by atoms with E-state index in [0.29, 0.717) is 11.4 Å². The molecule has 0 spiro atoms. The van der Waals surface area contributed by atoms with Gasteiger partial charge in [0.2, 0.25) is 0 Å². The first-order valence-corrected chi connectivity index (χ1v) is 19.3.